The first kappa shape index (κ1) is 11.8. The van der Waals surface area contributed by atoms with Gasteiger partial charge in [-0.3, -0.25) is 0 Å². The third-order valence-corrected chi connectivity index (χ3v) is 2.63. The maximum absolute atomic E-state index is 5.84. The van der Waals surface area contributed by atoms with Crippen molar-refractivity contribution in [3.8, 4) is 5.69 Å². The molecule has 1 aromatic heterocycles. The second-order valence-corrected chi connectivity index (χ2v) is 4.38. The van der Waals surface area contributed by atoms with Crippen LogP contribution in [0.4, 0.5) is 0 Å². The summed E-state index contributed by atoms with van der Waals surface area (Å²) in [5.41, 5.74) is 2.03. The summed E-state index contributed by atoms with van der Waals surface area (Å²) in [5, 5.41) is 12.4. The molecule has 0 saturated carbocycles. The summed E-state index contributed by atoms with van der Waals surface area (Å²) in [7, 11) is 0. The fraction of sp³-hybridized carbons (Fsp3) is 0.250. The molecular formula is C12H13ClN4. The molecule has 2 rings (SSSR count). The van der Waals surface area contributed by atoms with Crippen LogP contribution in [0.15, 0.2) is 36.4 Å². The molecule has 0 bridgehead atoms. The van der Waals surface area contributed by atoms with E-state index in [2.05, 4.69) is 22.1 Å². The predicted molar refractivity (Wildman–Crippen MR) is 67.3 cm³/mol. The summed E-state index contributed by atoms with van der Waals surface area (Å²) >= 11 is 5.84. The molecule has 2 aromatic rings. The first-order valence-electron chi connectivity index (χ1n) is 5.34. The number of allylic oxidation sites excluding steroid dienone is 1. The Hall–Kier alpha value is -1.68. The summed E-state index contributed by atoms with van der Waals surface area (Å²) in [6, 6.07) is 7.42. The van der Waals surface area contributed by atoms with Gasteiger partial charge in [-0.1, -0.05) is 17.2 Å². The van der Waals surface area contributed by atoms with Gasteiger partial charge in [0.05, 0.1) is 5.69 Å². The molecule has 0 atom stereocenters. The van der Waals surface area contributed by atoms with Crippen molar-refractivity contribution in [1.82, 2.24) is 20.2 Å². The molecule has 4 nitrogen and oxygen atoms in total. The second kappa shape index (κ2) is 5.10. The average molecular weight is 249 g/mol. The molecule has 1 aromatic carbocycles. The minimum absolute atomic E-state index is 0.699. The molecule has 0 aliphatic carbocycles. The molecule has 0 N–H and O–H groups in total. The Kier molecular flexibility index (Phi) is 3.54. The van der Waals surface area contributed by atoms with Gasteiger partial charge in [-0.15, -0.1) is 11.7 Å². The van der Waals surface area contributed by atoms with Gasteiger partial charge in [0.15, 0.2) is 5.82 Å². The maximum atomic E-state index is 5.84. The van der Waals surface area contributed by atoms with E-state index in [-0.39, 0.29) is 0 Å². The van der Waals surface area contributed by atoms with Gasteiger partial charge in [0, 0.05) is 11.4 Å². The number of aromatic nitrogens is 4. The Labute approximate surface area is 105 Å². The summed E-state index contributed by atoms with van der Waals surface area (Å²) in [4.78, 5) is 0. The van der Waals surface area contributed by atoms with Crippen molar-refractivity contribution in [1.29, 1.82) is 0 Å². The van der Waals surface area contributed by atoms with E-state index in [1.54, 1.807) is 4.68 Å². The van der Waals surface area contributed by atoms with Gasteiger partial charge in [0.25, 0.3) is 0 Å². The van der Waals surface area contributed by atoms with Crippen molar-refractivity contribution in [3.63, 3.8) is 0 Å². The SMILES string of the molecule is C=C(C)CCc1nnnn1-c1ccc(Cl)cc1. The zero-order valence-corrected chi connectivity index (χ0v) is 10.4. The summed E-state index contributed by atoms with van der Waals surface area (Å²) in [6.45, 7) is 5.87. The lowest BCUT2D eigenvalue weighted by Crippen LogP contribution is -2.03. The minimum atomic E-state index is 0.699. The van der Waals surface area contributed by atoms with Crippen LogP contribution in [-0.4, -0.2) is 20.2 Å². The Morgan fingerprint density at radius 2 is 2.06 bits per heavy atom. The van der Waals surface area contributed by atoms with E-state index in [1.807, 2.05) is 31.2 Å². The standard InChI is InChI=1S/C12H13ClN4/c1-9(2)3-8-12-14-15-16-17(12)11-6-4-10(13)5-7-11/h4-7H,1,3,8H2,2H3. The van der Waals surface area contributed by atoms with Gasteiger partial charge in [-0.05, 0) is 48.0 Å². The number of halogens is 1. The first-order chi connectivity index (χ1) is 8.16. The van der Waals surface area contributed by atoms with Crippen LogP contribution in [0.1, 0.15) is 19.2 Å². The van der Waals surface area contributed by atoms with Crippen LogP contribution in [0.25, 0.3) is 5.69 Å². The summed E-state index contributed by atoms with van der Waals surface area (Å²) < 4.78 is 1.72. The fourth-order valence-corrected chi connectivity index (χ4v) is 1.60. The van der Waals surface area contributed by atoms with Crippen molar-refractivity contribution in [2.75, 3.05) is 0 Å². The maximum Gasteiger partial charge on any atom is 0.157 e. The summed E-state index contributed by atoms with van der Waals surface area (Å²) in [5.74, 6) is 0.829. The number of tetrazole rings is 1. The van der Waals surface area contributed by atoms with E-state index >= 15 is 0 Å². The monoisotopic (exact) mass is 248 g/mol. The lowest BCUT2D eigenvalue weighted by molar-refractivity contribution is 0.750. The van der Waals surface area contributed by atoms with Gasteiger partial charge >= 0.3 is 0 Å². The molecule has 0 saturated heterocycles. The van der Waals surface area contributed by atoms with Crippen LogP contribution in [0, 0.1) is 0 Å². The molecule has 0 aliphatic rings. The van der Waals surface area contributed by atoms with Crippen LogP contribution in [0.5, 0.6) is 0 Å². The Bertz CT molecular complexity index is 516. The van der Waals surface area contributed by atoms with Crippen LogP contribution in [0.2, 0.25) is 5.02 Å². The zero-order valence-electron chi connectivity index (χ0n) is 9.60. The molecule has 0 fully saturated rings. The molecule has 0 radical (unpaired) electrons. The number of rotatable bonds is 4. The van der Waals surface area contributed by atoms with E-state index in [0.29, 0.717) is 5.02 Å². The van der Waals surface area contributed by atoms with E-state index < -0.39 is 0 Å². The highest BCUT2D eigenvalue weighted by Gasteiger charge is 2.07. The van der Waals surface area contributed by atoms with E-state index in [1.165, 1.54) is 0 Å². The smallest absolute Gasteiger partial charge is 0.157 e. The minimum Gasteiger partial charge on any atom is -0.197 e. The third kappa shape index (κ3) is 2.91. The molecule has 0 unspecified atom stereocenters. The average Bonchev–Trinajstić information content (AvgIpc) is 2.75. The number of aryl methyl sites for hydroxylation is 1. The van der Waals surface area contributed by atoms with Gasteiger partial charge in [0.1, 0.15) is 0 Å². The van der Waals surface area contributed by atoms with Gasteiger partial charge in [-0.25, -0.2) is 0 Å². The first-order valence-corrected chi connectivity index (χ1v) is 5.72. The highest BCUT2D eigenvalue weighted by Crippen LogP contribution is 2.14. The normalized spacial score (nSPS) is 10.5. The molecule has 0 amide bonds. The molecule has 5 heteroatoms. The highest BCUT2D eigenvalue weighted by atomic mass is 35.5. The van der Waals surface area contributed by atoms with E-state index in [4.69, 9.17) is 11.6 Å². The Morgan fingerprint density at radius 3 is 2.71 bits per heavy atom. The number of benzene rings is 1. The lowest BCUT2D eigenvalue weighted by atomic mass is 10.2. The third-order valence-electron chi connectivity index (χ3n) is 2.38. The van der Waals surface area contributed by atoms with Crippen LogP contribution in [-0.2, 0) is 6.42 Å². The topological polar surface area (TPSA) is 43.6 Å². The second-order valence-electron chi connectivity index (χ2n) is 3.94. The van der Waals surface area contributed by atoms with Crippen molar-refractivity contribution in [2.24, 2.45) is 0 Å². The summed E-state index contributed by atoms with van der Waals surface area (Å²) in [6.07, 6.45) is 1.67. The zero-order chi connectivity index (χ0) is 12.3. The Balaban J connectivity index is 2.24. The van der Waals surface area contributed by atoms with Crippen LogP contribution in [0.3, 0.4) is 0 Å². The van der Waals surface area contributed by atoms with E-state index in [0.717, 1.165) is 29.9 Å². The molecule has 0 aliphatic heterocycles. The van der Waals surface area contributed by atoms with Crippen molar-refractivity contribution in [2.45, 2.75) is 19.8 Å². The predicted octanol–water partition coefficient (Wildman–Crippen LogP) is 2.82. The molecule has 0 spiro atoms. The van der Waals surface area contributed by atoms with Crippen LogP contribution < -0.4 is 0 Å². The molecular weight excluding hydrogens is 236 g/mol. The largest absolute Gasteiger partial charge is 0.197 e. The molecule has 88 valence electrons. The van der Waals surface area contributed by atoms with Crippen LogP contribution >= 0.6 is 11.6 Å². The Morgan fingerprint density at radius 1 is 1.35 bits per heavy atom. The highest BCUT2D eigenvalue weighted by molar-refractivity contribution is 6.30. The number of hydrogen-bond donors (Lipinski definition) is 0. The number of hydrogen-bond acceptors (Lipinski definition) is 3. The van der Waals surface area contributed by atoms with Crippen molar-refractivity contribution < 1.29 is 0 Å². The van der Waals surface area contributed by atoms with Gasteiger partial charge in [0.2, 0.25) is 0 Å². The quantitative estimate of drug-likeness (QED) is 0.782. The van der Waals surface area contributed by atoms with Gasteiger partial charge < -0.3 is 0 Å². The lowest BCUT2D eigenvalue weighted by Gasteiger charge is -2.04. The van der Waals surface area contributed by atoms with Gasteiger partial charge in [-0.2, -0.15) is 4.68 Å². The van der Waals surface area contributed by atoms with Crippen molar-refractivity contribution >= 4 is 11.6 Å². The molecule has 17 heavy (non-hydrogen) atoms. The number of nitrogens with zero attached hydrogens (tertiary/aromatic N) is 4. The van der Waals surface area contributed by atoms with E-state index in [9.17, 15) is 0 Å². The van der Waals surface area contributed by atoms with Crippen molar-refractivity contribution in [3.05, 3.63) is 47.3 Å². The molecule has 1 heterocycles. The fourth-order valence-electron chi connectivity index (χ4n) is 1.47.